The van der Waals surface area contributed by atoms with Gasteiger partial charge in [0.1, 0.15) is 5.75 Å². The Morgan fingerprint density at radius 2 is 2.00 bits per heavy atom. The molecule has 1 aromatic carbocycles. The summed E-state index contributed by atoms with van der Waals surface area (Å²) in [5, 5.41) is 0. The van der Waals surface area contributed by atoms with Crippen LogP contribution in [0.1, 0.15) is 5.56 Å². The average Bonchev–Trinajstić information content (AvgIpc) is 2.38. The monoisotopic (exact) mass is 270 g/mol. The SMILES string of the molecule is COc1ccc(CN)c(N2CCS(=O)(=O)CC2)c1. The predicted molar refractivity (Wildman–Crippen MR) is 71.8 cm³/mol. The summed E-state index contributed by atoms with van der Waals surface area (Å²) in [6.45, 7) is 1.47. The topological polar surface area (TPSA) is 72.6 Å². The molecule has 1 aliphatic rings. The smallest absolute Gasteiger partial charge is 0.153 e. The number of hydrogen-bond donors (Lipinski definition) is 1. The number of ether oxygens (including phenoxy) is 1. The molecule has 5 nitrogen and oxygen atoms in total. The van der Waals surface area contributed by atoms with Gasteiger partial charge < -0.3 is 15.4 Å². The second-order valence-corrected chi connectivity index (χ2v) is 6.64. The van der Waals surface area contributed by atoms with Gasteiger partial charge in [-0.05, 0) is 11.6 Å². The first-order valence-corrected chi connectivity index (χ1v) is 7.70. The normalized spacial score (nSPS) is 18.7. The molecule has 0 amide bonds. The van der Waals surface area contributed by atoms with E-state index in [-0.39, 0.29) is 11.5 Å². The van der Waals surface area contributed by atoms with E-state index in [9.17, 15) is 8.42 Å². The molecule has 2 rings (SSSR count). The molecule has 100 valence electrons. The lowest BCUT2D eigenvalue weighted by molar-refractivity contribution is 0.414. The standard InChI is InChI=1S/C12H18N2O3S/c1-17-11-3-2-10(9-13)12(8-11)14-4-6-18(15,16)7-5-14/h2-3,8H,4-7,9,13H2,1H3. The van der Waals surface area contributed by atoms with Gasteiger partial charge in [-0.25, -0.2) is 8.42 Å². The molecule has 0 atom stereocenters. The molecule has 0 aliphatic carbocycles. The molecule has 18 heavy (non-hydrogen) atoms. The molecule has 0 saturated carbocycles. The average molecular weight is 270 g/mol. The maximum Gasteiger partial charge on any atom is 0.153 e. The van der Waals surface area contributed by atoms with Crippen LogP contribution in [0.2, 0.25) is 0 Å². The van der Waals surface area contributed by atoms with Crippen LogP contribution in [0, 0.1) is 0 Å². The highest BCUT2D eigenvalue weighted by atomic mass is 32.2. The summed E-state index contributed by atoms with van der Waals surface area (Å²) in [6.07, 6.45) is 0. The van der Waals surface area contributed by atoms with E-state index in [1.165, 1.54) is 0 Å². The van der Waals surface area contributed by atoms with Gasteiger partial charge in [0.25, 0.3) is 0 Å². The zero-order chi connectivity index (χ0) is 13.2. The molecule has 1 heterocycles. The third-order valence-electron chi connectivity index (χ3n) is 3.20. The van der Waals surface area contributed by atoms with E-state index in [1.54, 1.807) is 7.11 Å². The van der Waals surface area contributed by atoms with Crippen LogP contribution in [0.15, 0.2) is 18.2 Å². The van der Waals surface area contributed by atoms with Gasteiger partial charge in [-0.3, -0.25) is 0 Å². The van der Waals surface area contributed by atoms with Gasteiger partial charge in [-0.1, -0.05) is 6.07 Å². The Morgan fingerprint density at radius 3 is 2.56 bits per heavy atom. The number of nitrogens with two attached hydrogens (primary N) is 1. The number of anilines is 1. The van der Waals surface area contributed by atoms with Gasteiger partial charge in [-0.15, -0.1) is 0 Å². The van der Waals surface area contributed by atoms with Gasteiger partial charge >= 0.3 is 0 Å². The zero-order valence-electron chi connectivity index (χ0n) is 10.4. The highest BCUT2D eigenvalue weighted by Gasteiger charge is 2.23. The molecule has 1 fully saturated rings. The summed E-state index contributed by atoms with van der Waals surface area (Å²) in [6, 6.07) is 5.71. The summed E-state index contributed by atoms with van der Waals surface area (Å²) in [5.41, 5.74) is 7.70. The maximum absolute atomic E-state index is 11.4. The highest BCUT2D eigenvalue weighted by molar-refractivity contribution is 7.91. The summed E-state index contributed by atoms with van der Waals surface area (Å²) in [4.78, 5) is 2.06. The lowest BCUT2D eigenvalue weighted by Gasteiger charge is -2.30. The van der Waals surface area contributed by atoms with Crippen LogP contribution in [0.5, 0.6) is 5.75 Å². The summed E-state index contributed by atoms with van der Waals surface area (Å²) in [7, 11) is -1.25. The minimum Gasteiger partial charge on any atom is -0.497 e. The molecule has 1 aromatic rings. The van der Waals surface area contributed by atoms with E-state index in [2.05, 4.69) is 4.90 Å². The number of methoxy groups -OCH3 is 1. The summed E-state index contributed by atoms with van der Waals surface area (Å²) in [5.74, 6) is 1.17. The first-order valence-electron chi connectivity index (χ1n) is 5.88. The molecule has 0 radical (unpaired) electrons. The van der Waals surface area contributed by atoms with Crippen molar-refractivity contribution in [2.45, 2.75) is 6.54 Å². The third kappa shape index (κ3) is 2.76. The minimum absolute atomic E-state index is 0.203. The predicted octanol–water partition coefficient (Wildman–Crippen LogP) is 0.389. The van der Waals surface area contributed by atoms with Gasteiger partial charge in [0.2, 0.25) is 0 Å². The molecule has 6 heteroatoms. The number of rotatable bonds is 3. The molecular weight excluding hydrogens is 252 g/mol. The van der Waals surface area contributed by atoms with E-state index >= 15 is 0 Å². The Labute approximate surface area is 107 Å². The van der Waals surface area contributed by atoms with Crippen LogP contribution in [0.3, 0.4) is 0 Å². The van der Waals surface area contributed by atoms with E-state index in [0.29, 0.717) is 19.6 Å². The van der Waals surface area contributed by atoms with Gasteiger partial charge in [0.05, 0.1) is 18.6 Å². The van der Waals surface area contributed by atoms with Crippen molar-refractivity contribution in [2.24, 2.45) is 5.73 Å². The Morgan fingerprint density at radius 1 is 1.33 bits per heavy atom. The fourth-order valence-corrected chi connectivity index (χ4v) is 3.29. The van der Waals surface area contributed by atoms with E-state index in [0.717, 1.165) is 17.0 Å². The summed E-state index contributed by atoms with van der Waals surface area (Å²) >= 11 is 0. The van der Waals surface area contributed by atoms with E-state index in [1.807, 2.05) is 18.2 Å². The van der Waals surface area contributed by atoms with Crippen LogP contribution in [0.4, 0.5) is 5.69 Å². The number of hydrogen-bond acceptors (Lipinski definition) is 5. The van der Waals surface area contributed by atoms with Crippen molar-refractivity contribution < 1.29 is 13.2 Å². The first kappa shape index (κ1) is 13.2. The second-order valence-electron chi connectivity index (χ2n) is 4.34. The van der Waals surface area contributed by atoms with Crippen molar-refractivity contribution in [3.05, 3.63) is 23.8 Å². The molecule has 1 saturated heterocycles. The van der Waals surface area contributed by atoms with Crippen molar-refractivity contribution in [3.63, 3.8) is 0 Å². The molecule has 2 N–H and O–H groups in total. The van der Waals surface area contributed by atoms with Crippen molar-refractivity contribution in [1.82, 2.24) is 0 Å². The van der Waals surface area contributed by atoms with Crippen LogP contribution in [-0.4, -0.2) is 40.1 Å². The highest BCUT2D eigenvalue weighted by Crippen LogP contribution is 2.27. The molecular formula is C12H18N2O3S. The number of nitrogens with zero attached hydrogens (tertiary/aromatic N) is 1. The van der Waals surface area contributed by atoms with Gasteiger partial charge in [0.15, 0.2) is 9.84 Å². The quantitative estimate of drug-likeness (QED) is 0.860. The Hall–Kier alpha value is -1.27. The lowest BCUT2D eigenvalue weighted by atomic mass is 10.1. The Balaban J connectivity index is 2.27. The molecule has 1 aliphatic heterocycles. The lowest BCUT2D eigenvalue weighted by Crippen LogP contribution is -2.40. The van der Waals surface area contributed by atoms with Crippen LogP contribution in [0.25, 0.3) is 0 Å². The fraction of sp³-hybridized carbons (Fsp3) is 0.500. The second kappa shape index (κ2) is 5.16. The molecule has 0 unspecified atom stereocenters. The third-order valence-corrected chi connectivity index (χ3v) is 4.81. The van der Waals surface area contributed by atoms with Gasteiger partial charge in [-0.2, -0.15) is 0 Å². The van der Waals surface area contributed by atoms with E-state index in [4.69, 9.17) is 10.5 Å². The largest absolute Gasteiger partial charge is 0.497 e. The Bertz CT molecular complexity index is 514. The summed E-state index contributed by atoms with van der Waals surface area (Å²) < 4.78 is 28.1. The van der Waals surface area contributed by atoms with Crippen molar-refractivity contribution in [1.29, 1.82) is 0 Å². The van der Waals surface area contributed by atoms with Crippen LogP contribution in [-0.2, 0) is 16.4 Å². The number of benzene rings is 1. The zero-order valence-corrected chi connectivity index (χ0v) is 11.2. The van der Waals surface area contributed by atoms with Gasteiger partial charge in [0, 0.05) is 31.4 Å². The first-order chi connectivity index (χ1) is 8.55. The maximum atomic E-state index is 11.4. The number of sulfone groups is 1. The molecule has 0 spiro atoms. The Kier molecular flexibility index (Phi) is 3.77. The minimum atomic E-state index is -2.86. The van der Waals surface area contributed by atoms with Crippen molar-refractivity contribution in [3.8, 4) is 5.75 Å². The van der Waals surface area contributed by atoms with Crippen LogP contribution >= 0.6 is 0 Å². The van der Waals surface area contributed by atoms with Crippen LogP contribution < -0.4 is 15.4 Å². The molecule has 0 aromatic heterocycles. The molecule has 0 bridgehead atoms. The van der Waals surface area contributed by atoms with E-state index < -0.39 is 9.84 Å². The van der Waals surface area contributed by atoms with Crippen molar-refractivity contribution in [2.75, 3.05) is 36.6 Å². The fourth-order valence-electron chi connectivity index (χ4n) is 2.09. The van der Waals surface area contributed by atoms with Crippen molar-refractivity contribution >= 4 is 15.5 Å².